The molecule has 0 bridgehead atoms. The molecule has 0 spiro atoms. The maximum absolute atomic E-state index is 14.0. The van der Waals surface area contributed by atoms with Crippen molar-refractivity contribution in [1.82, 2.24) is 0 Å². The van der Waals surface area contributed by atoms with Crippen LogP contribution in [-0.2, 0) is 4.74 Å². The minimum Gasteiger partial charge on any atom is -0.383 e. The van der Waals surface area contributed by atoms with Crippen LogP contribution in [0, 0.1) is 17.1 Å². The first kappa shape index (κ1) is 14.5. The average molecular weight is 250 g/mol. The number of nitriles is 1. The van der Waals surface area contributed by atoms with Gasteiger partial charge in [0.15, 0.2) is 0 Å². The lowest BCUT2D eigenvalue weighted by atomic mass is 10.1. The molecule has 3 nitrogen and oxygen atoms in total. The molecule has 98 valence electrons. The summed E-state index contributed by atoms with van der Waals surface area (Å²) in [5.74, 6) is -0.356. The van der Waals surface area contributed by atoms with Gasteiger partial charge < -0.3 is 9.64 Å². The SMILES string of the molecule is CCC(C)N(CCOC)c1ccc(C#N)cc1F. The standard InChI is InChI=1S/C14H19FN2O/c1-4-11(2)17(7-8-18-3)14-6-5-12(10-16)9-13(14)15/h5-6,9,11H,4,7-8H2,1-3H3. The number of halogens is 1. The van der Waals surface area contributed by atoms with Crippen LogP contribution in [0.4, 0.5) is 10.1 Å². The van der Waals surface area contributed by atoms with E-state index in [9.17, 15) is 4.39 Å². The Hall–Kier alpha value is -1.60. The summed E-state index contributed by atoms with van der Waals surface area (Å²) in [6, 6.07) is 6.74. The van der Waals surface area contributed by atoms with E-state index >= 15 is 0 Å². The molecule has 0 aliphatic rings. The first-order chi connectivity index (χ1) is 8.63. The molecular weight excluding hydrogens is 231 g/mol. The van der Waals surface area contributed by atoms with Crippen LogP contribution in [0.2, 0.25) is 0 Å². The molecule has 1 aromatic carbocycles. The van der Waals surface area contributed by atoms with Crippen molar-refractivity contribution >= 4 is 5.69 Å². The van der Waals surface area contributed by atoms with Gasteiger partial charge in [0.05, 0.1) is 23.9 Å². The highest BCUT2D eigenvalue weighted by Gasteiger charge is 2.16. The van der Waals surface area contributed by atoms with Crippen molar-refractivity contribution in [2.75, 3.05) is 25.2 Å². The summed E-state index contributed by atoms with van der Waals surface area (Å²) in [6.45, 7) is 5.29. The smallest absolute Gasteiger partial charge is 0.147 e. The van der Waals surface area contributed by atoms with Gasteiger partial charge in [0, 0.05) is 19.7 Å². The topological polar surface area (TPSA) is 36.3 Å². The second kappa shape index (κ2) is 6.97. The summed E-state index contributed by atoms with van der Waals surface area (Å²) in [5.41, 5.74) is 0.868. The number of methoxy groups -OCH3 is 1. The maximum atomic E-state index is 14.0. The van der Waals surface area contributed by atoms with Crippen molar-refractivity contribution in [3.05, 3.63) is 29.6 Å². The van der Waals surface area contributed by atoms with Crippen molar-refractivity contribution in [2.24, 2.45) is 0 Å². The lowest BCUT2D eigenvalue weighted by Gasteiger charge is -2.30. The lowest BCUT2D eigenvalue weighted by Crippen LogP contribution is -2.36. The molecule has 0 N–H and O–H groups in total. The number of rotatable bonds is 6. The normalized spacial score (nSPS) is 11.9. The highest BCUT2D eigenvalue weighted by atomic mass is 19.1. The summed E-state index contributed by atoms with van der Waals surface area (Å²) < 4.78 is 19.0. The number of ether oxygens (including phenoxy) is 1. The van der Waals surface area contributed by atoms with Gasteiger partial charge in [-0.05, 0) is 31.5 Å². The fourth-order valence-corrected chi connectivity index (χ4v) is 1.80. The van der Waals surface area contributed by atoms with E-state index in [0.717, 1.165) is 6.42 Å². The molecule has 1 unspecified atom stereocenters. The second-order valence-electron chi connectivity index (χ2n) is 4.22. The third-order valence-corrected chi connectivity index (χ3v) is 3.05. The van der Waals surface area contributed by atoms with Crippen LogP contribution in [0.5, 0.6) is 0 Å². The molecule has 0 aliphatic carbocycles. The second-order valence-corrected chi connectivity index (χ2v) is 4.22. The molecule has 0 radical (unpaired) electrons. The third-order valence-electron chi connectivity index (χ3n) is 3.05. The Kier molecular flexibility index (Phi) is 5.60. The zero-order valence-corrected chi connectivity index (χ0v) is 11.1. The first-order valence-corrected chi connectivity index (χ1v) is 6.09. The zero-order valence-electron chi connectivity index (χ0n) is 11.1. The van der Waals surface area contributed by atoms with Gasteiger partial charge in [0.25, 0.3) is 0 Å². The summed E-state index contributed by atoms with van der Waals surface area (Å²) in [6.07, 6.45) is 0.920. The highest BCUT2D eigenvalue weighted by Crippen LogP contribution is 2.23. The molecule has 0 amide bonds. The predicted octanol–water partition coefficient (Wildman–Crippen LogP) is 2.95. The predicted molar refractivity (Wildman–Crippen MR) is 70.1 cm³/mol. The summed E-state index contributed by atoms with van der Waals surface area (Å²) in [7, 11) is 1.63. The molecule has 0 fully saturated rings. The average Bonchev–Trinajstić information content (AvgIpc) is 2.39. The minimum absolute atomic E-state index is 0.225. The van der Waals surface area contributed by atoms with Crippen LogP contribution in [0.25, 0.3) is 0 Å². The van der Waals surface area contributed by atoms with E-state index < -0.39 is 0 Å². The third kappa shape index (κ3) is 3.44. The van der Waals surface area contributed by atoms with Gasteiger partial charge in [-0.1, -0.05) is 6.92 Å². The minimum atomic E-state index is -0.356. The summed E-state index contributed by atoms with van der Waals surface area (Å²) in [4.78, 5) is 1.97. The first-order valence-electron chi connectivity index (χ1n) is 6.09. The Morgan fingerprint density at radius 3 is 2.72 bits per heavy atom. The molecule has 18 heavy (non-hydrogen) atoms. The fourth-order valence-electron chi connectivity index (χ4n) is 1.80. The van der Waals surface area contributed by atoms with E-state index in [4.69, 9.17) is 10.00 Å². The number of hydrogen-bond donors (Lipinski definition) is 0. The van der Waals surface area contributed by atoms with Gasteiger partial charge in [0.1, 0.15) is 5.82 Å². The van der Waals surface area contributed by atoms with Crippen molar-refractivity contribution in [1.29, 1.82) is 5.26 Å². The van der Waals surface area contributed by atoms with E-state index in [1.807, 2.05) is 17.9 Å². The van der Waals surface area contributed by atoms with E-state index in [2.05, 4.69) is 6.92 Å². The molecule has 4 heteroatoms. The maximum Gasteiger partial charge on any atom is 0.147 e. The Morgan fingerprint density at radius 1 is 1.50 bits per heavy atom. The number of nitrogens with zero attached hydrogens (tertiary/aromatic N) is 2. The molecule has 0 aromatic heterocycles. The van der Waals surface area contributed by atoms with E-state index in [1.54, 1.807) is 19.2 Å². The van der Waals surface area contributed by atoms with Crippen LogP contribution in [0.3, 0.4) is 0 Å². The zero-order chi connectivity index (χ0) is 13.5. The van der Waals surface area contributed by atoms with Crippen molar-refractivity contribution in [3.8, 4) is 6.07 Å². The largest absolute Gasteiger partial charge is 0.383 e. The van der Waals surface area contributed by atoms with Crippen LogP contribution in [0.1, 0.15) is 25.8 Å². The Bertz CT molecular complexity index is 428. The molecule has 0 saturated carbocycles. The molecule has 1 aromatic rings. The number of hydrogen-bond acceptors (Lipinski definition) is 3. The van der Waals surface area contributed by atoms with Crippen molar-refractivity contribution < 1.29 is 9.13 Å². The van der Waals surface area contributed by atoms with Crippen LogP contribution in [-0.4, -0.2) is 26.3 Å². The Morgan fingerprint density at radius 2 is 2.22 bits per heavy atom. The van der Waals surface area contributed by atoms with Gasteiger partial charge in [-0.25, -0.2) is 4.39 Å². The molecule has 1 atom stereocenters. The molecule has 0 aliphatic heterocycles. The molecule has 1 rings (SSSR count). The summed E-state index contributed by atoms with van der Waals surface area (Å²) >= 11 is 0. The van der Waals surface area contributed by atoms with Gasteiger partial charge in [-0.3, -0.25) is 0 Å². The molecule has 0 saturated heterocycles. The van der Waals surface area contributed by atoms with Crippen LogP contribution >= 0.6 is 0 Å². The van der Waals surface area contributed by atoms with E-state index in [0.29, 0.717) is 24.4 Å². The van der Waals surface area contributed by atoms with Gasteiger partial charge in [0.2, 0.25) is 0 Å². The van der Waals surface area contributed by atoms with E-state index in [1.165, 1.54) is 6.07 Å². The van der Waals surface area contributed by atoms with Crippen molar-refractivity contribution in [3.63, 3.8) is 0 Å². The molecular formula is C14H19FN2O. The van der Waals surface area contributed by atoms with Gasteiger partial charge >= 0.3 is 0 Å². The quantitative estimate of drug-likeness (QED) is 0.778. The highest BCUT2D eigenvalue weighted by molar-refractivity contribution is 5.51. The van der Waals surface area contributed by atoms with Crippen molar-refractivity contribution in [2.45, 2.75) is 26.3 Å². The van der Waals surface area contributed by atoms with E-state index in [-0.39, 0.29) is 11.9 Å². The fraction of sp³-hybridized carbons (Fsp3) is 0.500. The Labute approximate surface area is 108 Å². The van der Waals surface area contributed by atoms with Gasteiger partial charge in [-0.2, -0.15) is 5.26 Å². The van der Waals surface area contributed by atoms with Crippen LogP contribution < -0.4 is 4.90 Å². The lowest BCUT2D eigenvalue weighted by molar-refractivity contribution is 0.203. The van der Waals surface area contributed by atoms with Gasteiger partial charge in [-0.15, -0.1) is 0 Å². The Balaban J connectivity index is 3.01. The van der Waals surface area contributed by atoms with Crippen LogP contribution in [0.15, 0.2) is 18.2 Å². The summed E-state index contributed by atoms with van der Waals surface area (Å²) in [5, 5.41) is 8.74. The number of benzene rings is 1. The number of anilines is 1. The molecule has 0 heterocycles. The monoisotopic (exact) mass is 250 g/mol.